The fourth-order valence-electron chi connectivity index (χ4n) is 8.46. The van der Waals surface area contributed by atoms with E-state index in [-0.39, 0.29) is 47.6 Å². The Hall–Kier alpha value is -0.160. The maximum atomic E-state index is 11.4. The van der Waals surface area contributed by atoms with Gasteiger partial charge in [-0.1, -0.05) is 27.2 Å². The lowest BCUT2D eigenvalue weighted by molar-refractivity contribution is -0.232. The van der Waals surface area contributed by atoms with Gasteiger partial charge in [0, 0.05) is 6.61 Å². The molecule has 0 saturated heterocycles. The highest BCUT2D eigenvalue weighted by molar-refractivity contribution is 5.13. The fraction of sp³-hybridized carbons (Fsp3) is 1.00. The molecule has 4 saturated carbocycles. The predicted octanol–water partition coefficient (Wildman–Crippen LogP) is 2.97. The molecule has 4 aliphatic carbocycles. The molecule has 4 heteroatoms. The van der Waals surface area contributed by atoms with Crippen molar-refractivity contribution in [3.05, 3.63) is 0 Å². The third-order valence-corrected chi connectivity index (χ3v) is 10.1. The Morgan fingerprint density at radius 3 is 2.41 bits per heavy atom. The molecule has 0 aromatic carbocycles. The van der Waals surface area contributed by atoms with E-state index in [1.54, 1.807) is 0 Å². The van der Waals surface area contributed by atoms with Crippen LogP contribution in [0.3, 0.4) is 0 Å². The Morgan fingerprint density at radius 1 is 0.963 bits per heavy atom. The lowest BCUT2D eigenvalue weighted by Gasteiger charge is -2.66. The maximum Gasteiger partial charge on any atom is 0.0602 e. The smallest absolute Gasteiger partial charge is 0.0602 e. The first-order valence-corrected chi connectivity index (χ1v) is 11.4. The lowest BCUT2D eigenvalue weighted by atomic mass is 9.40. The SMILES string of the molecule is CC(CO)[C@H]1CCC[C@H]2[C@@H]3[C@H](O)C[C@@H]4C[C@H](O)CC[C@]4(C)[C@H]3C[C@H](O)[C@]12C. The highest BCUT2D eigenvalue weighted by Gasteiger charge is 2.64. The summed E-state index contributed by atoms with van der Waals surface area (Å²) in [6.45, 7) is 6.92. The molecule has 0 aromatic rings. The minimum atomic E-state index is -0.363. The molecule has 0 radical (unpaired) electrons. The third-order valence-electron chi connectivity index (χ3n) is 10.1. The minimum Gasteiger partial charge on any atom is -0.396 e. The quantitative estimate of drug-likeness (QED) is 0.594. The largest absolute Gasteiger partial charge is 0.396 e. The van der Waals surface area contributed by atoms with Crippen molar-refractivity contribution in [2.45, 2.75) is 90.4 Å². The second-order valence-electron chi connectivity index (χ2n) is 11.0. The van der Waals surface area contributed by atoms with E-state index in [0.29, 0.717) is 23.7 Å². The van der Waals surface area contributed by atoms with E-state index in [1.165, 1.54) is 0 Å². The van der Waals surface area contributed by atoms with Crippen LogP contribution in [0.4, 0.5) is 0 Å². The van der Waals surface area contributed by atoms with Gasteiger partial charge in [0.05, 0.1) is 18.3 Å². The Kier molecular flexibility index (Phi) is 5.19. The first-order chi connectivity index (χ1) is 12.7. The van der Waals surface area contributed by atoms with E-state index >= 15 is 0 Å². The van der Waals surface area contributed by atoms with Crippen LogP contribution in [0.5, 0.6) is 0 Å². The van der Waals surface area contributed by atoms with Gasteiger partial charge in [-0.25, -0.2) is 0 Å². The van der Waals surface area contributed by atoms with Gasteiger partial charge < -0.3 is 20.4 Å². The van der Waals surface area contributed by atoms with E-state index in [0.717, 1.165) is 51.4 Å². The fourth-order valence-corrected chi connectivity index (χ4v) is 8.46. The highest BCUT2D eigenvalue weighted by atomic mass is 16.3. The molecule has 4 rings (SSSR count). The van der Waals surface area contributed by atoms with Gasteiger partial charge in [-0.15, -0.1) is 0 Å². The number of aliphatic hydroxyl groups excluding tert-OH is 4. The van der Waals surface area contributed by atoms with Crippen molar-refractivity contribution in [2.75, 3.05) is 6.61 Å². The molecule has 11 atom stereocenters. The van der Waals surface area contributed by atoms with Crippen LogP contribution < -0.4 is 0 Å². The van der Waals surface area contributed by atoms with Crippen molar-refractivity contribution in [1.29, 1.82) is 0 Å². The van der Waals surface area contributed by atoms with Crippen molar-refractivity contribution in [2.24, 2.45) is 46.3 Å². The van der Waals surface area contributed by atoms with Crippen LogP contribution in [0.15, 0.2) is 0 Å². The van der Waals surface area contributed by atoms with Crippen molar-refractivity contribution in [1.82, 2.24) is 0 Å². The van der Waals surface area contributed by atoms with E-state index in [4.69, 9.17) is 0 Å². The molecule has 156 valence electrons. The summed E-state index contributed by atoms with van der Waals surface area (Å²) < 4.78 is 0. The van der Waals surface area contributed by atoms with Gasteiger partial charge in [0.2, 0.25) is 0 Å². The van der Waals surface area contributed by atoms with Crippen LogP contribution in [-0.4, -0.2) is 45.3 Å². The van der Waals surface area contributed by atoms with Gasteiger partial charge in [0.15, 0.2) is 0 Å². The molecule has 4 nitrogen and oxygen atoms in total. The van der Waals surface area contributed by atoms with Crippen LogP contribution in [0.25, 0.3) is 0 Å². The zero-order valence-corrected chi connectivity index (χ0v) is 17.3. The monoisotopic (exact) mass is 380 g/mol. The van der Waals surface area contributed by atoms with E-state index in [1.807, 2.05) is 0 Å². The summed E-state index contributed by atoms with van der Waals surface area (Å²) in [6, 6.07) is 0. The minimum absolute atomic E-state index is 0.126. The molecule has 4 fully saturated rings. The van der Waals surface area contributed by atoms with Gasteiger partial charge in [-0.2, -0.15) is 0 Å². The average molecular weight is 381 g/mol. The summed E-state index contributed by atoms with van der Waals surface area (Å²) in [5.41, 5.74) is -0.0824. The standard InChI is InChI=1S/C23H40O4/c1-13(12-24)16-5-4-6-17-21-18(11-20(27)23(16,17)3)22(2)8-7-15(25)9-14(22)10-19(21)26/h13-21,24-27H,4-12H2,1-3H3/t13?,14-,15+,16+,17-,18-,19+,20-,21-,22-,23+/m0/s1. The number of hydrogen-bond donors (Lipinski definition) is 4. The normalized spacial score (nSPS) is 56.6. The number of rotatable bonds is 2. The second kappa shape index (κ2) is 6.97. The van der Waals surface area contributed by atoms with Crippen molar-refractivity contribution in [3.63, 3.8) is 0 Å². The molecule has 1 unspecified atom stereocenters. The third kappa shape index (κ3) is 2.85. The van der Waals surface area contributed by atoms with Gasteiger partial charge in [0.25, 0.3) is 0 Å². The molecule has 0 bridgehead atoms. The summed E-state index contributed by atoms with van der Waals surface area (Å²) in [4.78, 5) is 0. The van der Waals surface area contributed by atoms with Crippen LogP contribution in [0.1, 0.15) is 72.1 Å². The summed E-state index contributed by atoms with van der Waals surface area (Å²) in [5.74, 6) is 1.81. The predicted molar refractivity (Wildman–Crippen MR) is 105 cm³/mol. The first kappa shape index (κ1) is 20.1. The summed E-state index contributed by atoms with van der Waals surface area (Å²) in [6.07, 6.45) is 6.63. The molecule has 0 aliphatic heterocycles. The Morgan fingerprint density at radius 2 is 1.70 bits per heavy atom. The number of fused-ring (bicyclic) bond motifs is 5. The van der Waals surface area contributed by atoms with E-state index in [9.17, 15) is 20.4 Å². The second-order valence-corrected chi connectivity index (χ2v) is 11.0. The van der Waals surface area contributed by atoms with Crippen LogP contribution in [0.2, 0.25) is 0 Å². The molecule has 0 aromatic heterocycles. The number of hydrogen-bond acceptors (Lipinski definition) is 4. The van der Waals surface area contributed by atoms with Crippen molar-refractivity contribution >= 4 is 0 Å². The molecule has 0 heterocycles. The topological polar surface area (TPSA) is 80.9 Å². The van der Waals surface area contributed by atoms with Crippen molar-refractivity contribution in [3.8, 4) is 0 Å². The summed E-state index contributed by atoms with van der Waals surface area (Å²) >= 11 is 0. The van der Waals surface area contributed by atoms with Gasteiger partial charge in [-0.3, -0.25) is 0 Å². The number of aliphatic hydroxyl groups is 4. The molecule has 27 heavy (non-hydrogen) atoms. The molecule has 4 N–H and O–H groups in total. The van der Waals surface area contributed by atoms with Gasteiger partial charge in [0.1, 0.15) is 0 Å². The van der Waals surface area contributed by atoms with Crippen LogP contribution in [0, 0.1) is 46.3 Å². The Bertz CT molecular complexity index is 552. The molecule has 0 amide bonds. The van der Waals surface area contributed by atoms with Gasteiger partial charge >= 0.3 is 0 Å². The van der Waals surface area contributed by atoms with Crippen LogP contribution in [-0.2, 0) is 0 Å². The zero-order valence-electron chi connectivity index (χ0n) is 17.3. The lowest BCUT2D eigenvalue weighted by Crippen LogP contribution is -2.65. The first-order valence-electron chi connectivity index (χ1n) is 11.4. The Balaban J connectivity index is 1.70. The molecule has 0 spiro atoms. The Labute approximate surface area is 164 Å². The molecule has 4 aliphatic rings. The summed E-state index contributed by atoms with van der Waals surface area (Å²) in [7, 11) is 0. The van der Waals surface area contributed by atoms with E-state index in [2.05, 4.69) is 20.8 Å². The van der Waals surface area contributed by atoms with Crippen molar-refractivity contribution < 1.29 is 20.4 Å². The summed E-state index contributed by atoms with van der Waals surface area (Å²) in [5, 5.41) is 42.7. The van der Waals surface area contributed by atoms with Gasteiger partial charge in [-0.05, 0) is 91.3 Å². The average Bonchev–Trinajstić information content (AvgIpc) is 2.63. The van der Waals surface area contributed by atoms with E-state index < -0.39 is 0 Å². The molecular weight excluding hydrogens is 340 g/mol. The maximum absolute atomic E-state index is 11.4. The van der Waals surface area contributed by atoms with Crippen LogP contribution >= 0.6 is 0 Å². The zero-order chi connectivity index (χ0) is 19.6. The molecular formula is C23H40O4. The highest BCUT2D eigenvalue weighted by Crippen LogP contribution is 2.67.